The number of hydrogen-bond donors (Lipinski definition) is 1. The van der Waals surface area contributed by atoms with Crippen LogP contribution < -0.4 is 5.32 Å². The zero-order valence-corrected chi connectivity index (χ0v) is 9.37. The molecule has 0 saturated heterocycles. The van der Waals surface area contributed by atoms with Crippen molar-refractivity contribution in [3.63, 3.8) is 0 Å². The third-order valence-corrected chi connectivity index (χ3v) is 3.68. The highest BCUT2D eigenvalue weighted by atomic mass is 16.1. The van der Waals surface area contributed by atoms with Gasteiger partial charge in [0.15, 0.2) is 0 Å². The second-order valence-electron chi connectivity index (χ2n) is 4.84. The molecule has 1 atom stereocenters. The molecule has 0 spiro atoms. The van der Waals surface area contributed by atoms with Gasteiger partial charge < -0.3 is 5.32 Å². The summed E-state index contributed by atoms with van der Waals surface area (Å²) in [4.78, 5) is 11.5. The van der Waals surface area contributed by atoms with Crippen molar-refractivity contribution in [3.05, 3.63) is 12.2 Å². The van der Waals surface area contributed by atoms with Crippen molar-refractivity contribution < 1.29 is 4.79 Å². The summed E-state index contributed by atoms with van der Waals surface area (Å²) in [5.74, 6) is 0.928. The highest BCUT2D eigenvalue weighted by Gasteiger charge is 2.23. The summed E-state index contributed by atoms with van der Waals surface area (Å²) in [7, 11) is 0. The molecular formula is C13H21NO. The van der Waals surface area contributed by atoms with Crippen molar-refractivity contribution in [2.24, 2.45) is 5.92 Å². The van der Waals surface area contributed by atoms with Crippen molar-refractivity contribution in [1.82, 2.24) is 5.32 Å². The van der Waals surface area contributed by atoms with Crippen molar-refractivity contribution in [1.29, 1.82) is 0 Å². The molecule has 0 radical (unpaired) electrons. The van der Waals surface area contributed by atoms with Gasteiger partial charge >= 0.3 is 0 Å². The number of amides is 1. The van der Waals surface area contributed by atoms with Crippen LogP contribution in [0.2, 0.25) is 0 Å². The fraction of sp³-hybridized carbons (Fsp3) is 0.769. The van der Waals surface area contributed by atoms with E-state index >= 15 is 0 Å². The average molecular weight is 207 g/mol. The predicted molar refractivity (Wildman–Crippen MR) is 61.5 cm³/mol. The lowest BCUT2D eigenvalue weighted by Crippen LogP contribution is -2.38. The molecule has 2 nitrogen and oxygen atoms in total. The van der Waals surface area contributed by atoms with Crippen LogP contribution in [0.3, 0.4) is 0 Å². The van der Waals surface area contributed by atoms with Gasteiger partial charge in [0, 0.05) is 12.5 Å². The molecule has 1 fully saturated rings. The largest absolute Gasteiger partial charge is 0.353 e. The summed E-state index contributed by atoms with van der Waals surface area (Å²) in [5.41, 5.74) is 0. The second kappa shape index (κ2) is 5.34. The van der Waals surface area contributed by atoms with E-state index in [0.29, 0.717) is 12.5 Å². The van der Waals surface area contributed by atoms with E-state index < -0.39 is 0 Å². The van der Waals surface area contributed by atoms with Crippen molar-refractivity contribution in [2.45, 2.75) is 57.4 Å². The van der Waals surface area contributed by atoms with Crippen molar-refractivity contribution >= 4 is 5.91 Å². The molecule has 15 heavy (non-hydrogen) atoms. The van der Waals surface area contributed by atoms with E-state index in [1.165, 1.54) is 38.5 Å². The van der Waals surface area contributed by atoms with Gasteiger partial charge in [-0.3, -0.25) is 4.79 Å². The Morgan fingerprint density at radius 3 is 2.53 bits per heavy atom. The lowest BCUT2D eigenvalue weighted by Gasteiger charge is -2.25. The Labute approximate surface area is 92.1 Å². The SMILES string of the molecule is O=C1CC=CCC(C2CCCCCC2)N1. The van der Waals surface area contributed by atoms with Crippen LogP contribution in [0.25, 0.3) is 0 Å². The fourth-order valence-electron chi connectivity index (χ4n) is 2.78. The van der Waals surface area contributed by atoms with Crippen LogP contribution in [0.15, 0.2) is 12.2 Å². The number of carbonyl (C=O) groups excluding carboxylic acids is 1. The topological polar surface area (TPSA) is 29.1 Å². The summed E-state index contributed by atoms with van der Waals surface area (Å²) < 4.78 is 0. The smallest absolute Gasteiger partial charge is 0.224 e. The molecule has 0 aromatic carbocycles. The summed E-state index contributed by atoms with van der Waals surface area (Å²) >= 11 is 0. The van der Waals surface area contributed by atoms with Gasteiger partial charge in [-0.25, -0.2) is 0 Å². The Morgan fingerprint density at radius 2 is 1.80 bits per heavy atom. The molecule has 1 unspecified atom stereocenters. The Kier molecular flexibility index (Phi) is 3.81. The first-order valence-electron chi connectivity index (χ1n) is 6.30. The molecule has 1 saturated carbocycles. The van der Waals surface area contributed by atoms with E-state index in [1.54, 1.807) is 0 Å². The fourth-order valence-corrected chi connectivity index (χ4v) is 2.78. The molecule has 1 N–H and O–H groups in total. The van der Waals surface area contributed by atoms with Crippen LogP contribution in [-0.4, -0.2) is 11.9 Å². The molecule has 1 amide bonds. The van der Waals surface area contributed by atoms with E-state index in [1.807, 2.05) is 6.08 Å². The molecule has 0 aromatic rings. The Bertz CT molecular complexity index is 239. The van der Waals surface area contributed by atoms with Crippen LogP contribution >= 0.6 is 0 Å². The minimum absolute atomic E-state index is 0.206. The third kappa shape index (κ3) is 3.08. The maximum absolute atomic E-state index is 11.5. The summed E-state index contributed by atoms with van der Waals surface area (Å²) in [6, 6.07) is 0.411. The van der Waals surface area contributed by atoms with Gasteiger partial charge in [0.25, 0.3) is 0 Å². The Balaban J connectivity index is 1.94. The maximum Gasteiger partial charge on any atom is 0.224 e. The molecular weight excluding hydrogens is 186 g/mol. The van der Waals surface area contributed by atoms with E-state index in [0.717, 1.165) is 12.3 Å². The first kappa shape index (κ1) is 10.7. The van der Waals surface area contributed by atoms with Crippen LogP contribution in [0.5, 0.6) is 0 Å². The molecule has 2 heteroatoms. The summed E-state index contributed by atoms with van der Waals surface area (Å²) in [6.45, 7) is 0. The number of rotatable bonds is 1. The molecule has 84 valence electrons. The van der Waals surface area contributed by atoms with Gasteiger partial charge in [-0.15, -0.1) is 0 Å². The zero-order valence-electron chi connectivity index (χ0n) is 9.37. The van der Waals surface area contributed by atoms with E-state index in [9.17, 15) is 4.79 Å². The van der Waals surface area contributed by atoms with Crippen LogP contribution in [0.1, 0.15) is 51.4 Å². The molecule has 1 aliphatic carbocycles. The molecule has 0 bridgehead atoms. The first-order chi connectivity index (χ1) is 7.36. The monoisotopic (exact) mass is 207 g/mol. The van der Waals surface area contributed by atoms with E-state index in [2.05, 4.69) is 11.4 Å². The van der Waals surface area contributed by atoms with E-state index in [4.69, 9.17) is 0 Å². The molecule has 2 aliphatic rings. The normalized spacial score (nSPS) is 29.3. The van der Waals surface area contributed by atoms with Gasteiger partial charge in [-0.1, -0.05) is 37.8 Å². The lowest BCUT2D eigenvalue weighted by atomic mass is 9.90. The van der Waals surface area contributed by atoms with Gasteiger partial charge in [0.2, 0.25) is 5.91 Å². The second-order valence-corrected chi connectivity index (χ2v) is 4.84. The third-order valence-electron chi connectivity index (χ3n) is 3.68. The van der Waals surface area contributed by atoms with Crippen LogP contribution in [0.4, 0.5) is 0 Å². The minimum atomic E-state index is 0.206. The lowest BCUT2D eigenvalue weighted by molar-refractivity contribution is -0.121. The molecule has 1 aliphatic heterocycles. The van der Waals surface area contributed by atoms with Crippen molar-refractivity contribution in [3.8, 4) is 0 Å². The van der Waals surface area contributed by atoms with Crippen LogP contribution in [-0.2, 0) is 4.79 Å². The van der Waals surface area contributed by atoms with Gasteiger partial charge in [-0.05, 0) is 25.2 Å². The first-order valence-corrected chi connectivity index (χ1v) is 6.30. The van der Waals surface area contributed by atoms with Gasteiger partial charge in [-0.2, -0.15) is 0 Å². The standard InChI is InChI=1S/C13H21NO/c15-13-10-6-5-9-12(14-13)11-7-3-1-2-4-8-11/h5-6,11-12H,1-4,7-10H2,(H,14,15). The van der Waals surface area contributed by atoms with E-state index in [-0.39, 0.29) is 5.91 Å². The molecule has 1 heterocycles. The predicted octanol–water partition coefficient (Wildman–Crippen LogP) is 2.79. The van der Waals surface area contributed by atoms with Gasteiger partial charge in [0.05, 0.1) is 0 Å². The molecule has 0 aromatic heterocycles. The maximum atomic E-state index is 11.5. The Hall–Kier alpha value is -0.790. The quantitative estimate of drug-likeness (QED) is 0.520. The van der Waals surface area contributed by atoms with Crippen molar-refractivity contribution in [2.75, 3.05) is 0 Å². The summed E-state index contributed by atoms with van der Waals surface area (Å²) in [6.07, 6.45) is 13.9. The summed E-state index contributed by atoms with van der Waals surface area (Å²) in [5, 5.41) is 3.17. The number of hydrogen-bond acceptors (Lipinski definition) is 1. The van der Waals surface area contributed by atoms with Crippen LogP contribution in [0, 0.1) is 5.92 Å². The zero-order chi connectivity index (χ0) is 10.5. The molecule has 2 rings (SSSR count). The highest BCUT2D eigenvalue weighted by Crippen LogP contribution is 2.27. The van der Waals surface area contributed by atoms with Gasteiger partial charge in [0.1, 0.15) is 0 Å². The number of nitrogens with one attached hydrogen (secondary N) is 1. The minimum Gasteiger partial charge on any atom is -0.353 e. The highest BCUT2D eigenvalue weighted by molar-refractivity contribution is 5.78. The Morgan fingerprint density at radius 1 is 1.07 bits per heavy atom. The average Bonchev–Trinajstić information content (AvgIpc) is 2.59. The number of carbonyl (C=O) groups is 1.